The predicted octanol–water partition coefficient (Wildman–Crippen LogP) is 1.49. The number of amides is 1. The number of hydrogen-bond acceptors (Lipinski definition) is 4. The minimum Gasteiger partial charge on any atom is -0.365 e. The van der Waals surface area contributed by atoms with Crippen LogP contribution in [0.2, 0.25) is 0 Å². The Kier molecular flexibility index (Phi) is 6.21. The molecule has 0 saturated heterocycles. The van der Waals surface area contributed by atoms with Crippen molar-refractivity contribution in [2.75, 3.05) is 25.0 Å². The van der Waals surface area contributed by atoms with Crippen LogP contribution in [0.15, 0.2) is 17.2 Å². The van der Waals surface area contributed by atoms with Crippen LogP contribution in [0, 0.1) is 0 Å². The lowest BCUT2D eigenvalue weighted by molar-refractivity contribution is -0.130. The second kappa shape index (κ2) is 7.67. The Morgan fingerprint density at radius 2 is 2.05 bits per heavy atom. The third-order valence-corrected chi connectivity index (χ3v) is 3.17. The highest BCUT2D eigenvalue weighted by molar-refractivity contribution is 5.76. The van der Waals surface area contributed by atoms with E-state index in [0.29, 0.717) is 31.9 Å². The SMILES string of the molecule is CCN(CC)C(=O)CCNc1nccn(C(C)C)c1=O. The van der Waals surface area contributed by atoms with Gasteiger partial charge in [0.2, 0.25) is 5.91 Å². The summed E-state index contributed by atoms with van der Waals surface area (Å²) in [7, 11) is 0. The third-order valence-electron chi connectivity index (χ3n) is 3.17. The zero-order valence-corrected chi connectivity index (χ0v) is 12.7. The molecular weight excluding hydrogens is 256 g/mol. The molecule has 0 spiro atoms. The van der Waals surface area contributed by atoms with Crippen LogP contribution >= 0.6 is 0 Å². The van der Waals surface area contributed by atoms with E-state index in [1.165, 1.54) is 0 Å². The monoisotopic (exact) mass is 280 g/mol. The molecule has 0 radical (unpaired) electrons. The molecule has 0 saturated carbocycles. The Hall–Kier alpha value is -1.85. The van der Waals surface area contributed by atoms with Crippen LogP contribution in [0.25, 0.3) is 0 Å². The molecular formula is C14H24N4O2. The van der Waals surface area contributed by atoms with Crippen LogP contribution < -0.4 is 10.9 Å². The minimum atomic E-state index is -0.155. The first-order valence-electron chi connectivity index (χ1n) is 7.10. The molecule has 0 aromatic carbocycles. The van der Waals surface area contributed by atoms with E-state index in [0.717, 1.165) is 0 Å². The Balaban J connectivity index is 2.61. The number of anilines is 1. The lowest BCUT2D eigenvalue weighted by Crippen LogP contribution is -2.32. The predicted molar refractivity (Wildman–Crippen MR) is 79.9 cm³/mol. The summed E-state index contributed by atoms with van der Waals surface area (Å²) in [6.07, 6.45) is 3.62. The number of carbonyl (C=O) groups excluding carboxylic acids is 1. The fourth-order valence-corrected chi connectivity index (χ4v) is 1.98. The number of nitrogens with zero attached hydrogens (tertiary/aromatic N) is 3. The summed E-state index contributed by atoms with van der Waals surface area (Å²) in [6, 6.07) is 0.0864. The number of hydrogen-bond donors (Lipinski definition) is 1. The topological polar surface area (TPSA) is 67.2 Å². The van der Waals surface area contributed by atoms with Gasteiger partial charge < -0.3 is 14.8 Å². The van der Waals surface area contributed by atoms with E-state index in [2.05, 4.69) is 10.3 Å². The highest BCUT2D eigenvalue weighted by Crippen LogP contribution is 2.02. The van der Waals surface area contributed by atoms with Crippen molar-refractivity contribution >= 4 is 11.7 Å². The Morgan fingerprint density at radius 3 is 2.60 bits per heavy atom. The van der Waals surface area contributed by atoms with Gasteiger partial charge in [-0.15, -0.1) is 0 Å². The van der Waals surface area contributed by atoms with Crippen molar-refractivity contribution in [1.29, 1.82) is 0 Å². The third kappa shape index (κ3) is 4.08. The highest BCUT2D eigenvalue weighted by Gasteiger charge is 2.10. The molecule has 6 heteroatoms. The maximum absolute atomic E-state index is 12.1. The Bertz CT molecular complexity index is 492. The van der Waals surface area contributed by atoms with Crippen LogP contribution in [0.1, 0.15) is 40.2 Å². The number of carbonyl (C=O) groups is 1. The first-order chi connectivity index (χ1) is 9.51. The van der Waals surface area contributed by atoms with Gasteiger partial charge in [-0.1, -0.05) is 0 Å². The van der Waals surface area contributed by atoms with Gasteiger partial charge in [0.05, 0.1) is 0 Å². The van der Waals surface area contributed by atoms with Crippen molar-refractivity contribution < 1.29 is 4.79 Å². The van der Waals surface area contributed by atoms with E-state index in [9.17, 15) is 9.59 Å². The van der Waals surface area contributed by atoms with Gasteiger partial charge in [0.25, 0.3) is 5.56 Å². The van der Waals surface area contributed by atoms with Gasteiger partial charge in [-0.05, 0) is 27.7 Å². The van der Waals surface area contributed by atoms with Crippen LogP contribution in [0.3, 0.4) is 0 Å². The van der Waals surface area contributed by atoms with Crippen molar-refractivity contribution in [3.8, 4) is 0 Å². The molecule has 1 N–H and O–H groups in total. The zero-order chi connectivity index (χ0) is 15.1. The standard InChI is InChI=1S/C14H24N4O2/c1-5-17(6-2)12(19)7-8-15-13-14(20)18(11(3)4)10-9-16-13/h9-11H,5-8H2,1-4H3,(H,15,16). The normalized spacial score (nSPS) is 10.7. The summed E-state index contributed by atoms with van der Waals surface area (Å²) >= 11 is 0. The minimum absolute atomic E-state index is 0.0858. The molecule has 20 heavy (non-hydrogen) atoms. The number of nitrogens with one attached hydrogen (secondary N) is 1. The number of aromatic nitrogens is 2. The molecule has 1 aromatic rings. The lowest BCUT2D eigenvalue weighted by atomic mass is 10.3. The zero-order valence-electron chi connectivity index (χ0n) is 12.7. The van der Waals surface area contributed by atoms with Crippen molar-refractivity contribution in [3.05, 3.63) is 22.7 Å². The van der Waals surface area contributed by atoms with Gasteiger partial charge >= 0.3 is 0 Å². The van der Waals surface area contributed by atoms with Crippen molar-refractivity contribution in [1.82, 2.24) is 14.5 Å². The summed E-state index contributed by atoms with van der Waals surface area (Å²) in [5, 5.41) is 2.95. The molecule has 1 heterocycles. The molecule has 6 nitrogen and oxygen atoms in total. The molecule has 112 valence electrons. The first-order valence-corrected chi connectivity index (χ1v) is 7.10. The smallest absolute Gasteiger partial charge is 0.293 e. The molecule has 0 atom stereocenters. The second-order valence-electron chi connectivity index (χ2n) is 4.82. The largest absolute Gasteiger partial charge is 0.365 e. The van der Waals surface area contributed by atoms with E-state index < -0.39 is 0 Å². The summed E-state index contributed by atoms with van der Waals surface area (Å²) in [4.78, 5) is 29.7. The maximum atomic E-state index is 12.1. The maximum Gasteiger partial charge on any atom is 0.293 e. The van der Waals surface area contributed by atoms with Gasteiger partial charge in [0.1, 0.15) is 0 Å². The van der Waals surface area contributed by atoms with E-state index in [1.54, 1.807) is 21.9 Å². The summed E-state index contributed by atoms with van der Waals surface area (Å²) in [6.45, 7) is 9.62. The van der Waals surface area contributed by atoms with Crippen LogP contribution in [0.4, 0.5) is 5.82 Å². The Morgan fingerprint density at radius 1 is 1.40 bits per heavy atom. The van der Waals surface area contributed by atoms with Crippen LogP contribution in [-0.4, -0.2) is 40.0 Å². The molecule has 0 aliphatic rings. The summed E-state index contributed by atoms with van der Waals surface area (Å²) in [5.41, 5.74) is -0.155. The molecule has 0 bridgehead atoms. The van der Waals surface area contributed by atoms with E-state index in [-0.39, 0.29) is 17.5 Å². The average Bonchev–Trinajstić information content (AvgIpc) is 2.41. The summed E-state index contributed by atoms with van der Waals surface area (Å²) < 4.78 is 1.61. The fourth-order valence-electron chi connectivity index (χ4n) is 1.98. The quantitative estimate of drug-likeness (QED) is 0.822. The molecule has 0 aliphatic heterocycles. The molecule has 1 rings (SSSR count). The molecule has 1 amide bonds. The fraction of sp³-hybridized carbons (Fsp3) is 0.643. The molecule has 0 aliphatic carbocycles. The summed E-state index contributed by atoms with van der Waals surface area (Å²) in [5.74, 6) is 0.385. The van der Waals surface area contributed by atoms with Gasteiger partial charge in [-0.2, -0.15) is 0 Å². The van der Waals surface area contributed by atoms with Gasteiger partial charge in [-0.3, -0.25) is 9.59 Å². The molecule has 1 aromatic heterocycles. The van der Waals surface area contributed by atoms with Crippen LogP contribution in [-0.2, 0) is 4.79 Å². The average molecular weight is 280 g/mol. The highest BCUT2D eigenvalue weighted by atomic mass is 16.2. The Labute approximate surface area is 119 Å². The second-order valence-corrected chi connectivity index (χ2v) is 4.82. The lowest BCUT2D eigenvalue weighted by Gasteiger charge is -2.18. The van der Waals surface area contributed by atoms with E-state index in [1.807, 2.05) is 27.7 Å². The van der Waals surface area contributed by atoms with Gasteiger partial charge in [0, 0.05) is 44.5 Å². The van der Waals surface area contributed by atoms with Gasteiger partial charge in [-0.25, -0.2) is 4.98 Å². The van der Waals surface area contributed by atoms with Gasteiger partial charge in [0.15, 0.2) is 5.82 Å². The first kappa shape index (κ1) is 16.2. The van der Waals surface area contributed by atoms with Crippen molar-refractivity contribution in [2.45, 2.75) is 40.2 Å². The van der Waals surface area contributed by atoms with Crippen molar-refractivity contribution in [2.24, 2.45) is 0 Å². The molecule has 0 unspecified atom stereocenters. The van der Waals surface area contributed by atoms with E-state index >= 15 is 0 Å². The van der Waals surface area contributed by atoms with E-state index in [4.69, 9.17) is 0 Å². The molecule has 0 fully saturated rings. The van der Waals surface area contributed by atoms with Crippen LogP contribution in [0.5, 0.6) is 0 Å². The number of rotatable bonds is 7. The van der Waals surface area contributed by atoms with Crippen molar-refractivity contribution in [3.63, 3.8) is 0 Å².